The van der Waals surface area contributed by atoms with Crippen molar-refractivity contribution in [1.29, 1.82) is 0 Å². The lowest BCUT2D eigenvalue weighted by Gasteiger charge is -2.12. The summed E-state index contributed by atoms with van der Waals surface area (Å²) in [5.74, 6) is 1.05. The zero-order chi connectivity index (χ0) is 37.9. The molecule has 0 aliphatic carbocycles. The van der Waals surface area contributed by atoms with Gasteiger partial charge in [0.05, 0.1) is 6.54 Å². The highest BCUT2D eigenvalue weighted by atomic mass is 16.3. The molecule has 11 aromatic rings. The Kier molecular flexibility index (Phi) is 7.64. The molecule has 0 atom stereocenters. The van der Waals surface area contributed by atoms with Crippen LogP contribution in [-0.2, 0) is 6.54 Å². The Hall–Kier alpha value is -7.63. The average molecular weight is 732 g/mol. The third kappa shape index (κ3) is 5.35. The van der Waals surface area contributed by atoms with Gasteiger partial charge in [-0.25, -0.2) is 9.98 Å². The molecule has 0 aliphatic rings. The molecule has 5 nitrogen and oxygen atoms in total. The predicted octanol–water partition coefficient (Wildman–Crippen LogP) is 13.7. The first kappa shape index (κ1) is 32.8. The van der Waals surface area contributed by atoms with Crippen LogP contribution in [0, 0.1) is 0 Å². The fourth-order valence-corrected chi connectivity index (χ4v) is 8.47. The van der Waals surface area contributed by atoms with Crippen LogP contribution in [0.25, 0.3) is 87.3 Å². The first-order chi connectivity index (χ1) is 28.2. The van der Waals surface area contributed by atoms with E-state index in [9.17, 15) is 0 Å². The number of amidine groups is 2. The van der Waals surface area contributed by atoms with Gasteiger partial charge in [-0.3, -0.25) is 4.99 Å². The monoisotopic (exact) mass is 731 g/mol. The number of para-hydroxylation sites is 2. The molecule has 0 radical (unpaired) electrons. The predicted molar refractivity (Wildman–Crippen MR) is 238 cm³/mol. The van der Waals surface area contributed by atoms with Crippen LogP contribution in [0.5, 0.6) is 0 Å². The van der Waals surface area contributed by atoms with Crippen LogP contribution in [0.2, 0.25) is 0 Å². The van der Waals surface area contributed by atoms with Crippen molar-refractivity contribution in [2.24, 2.45) is 15.0 Å². The molecule has 268 valence electrons. The maximum Gasteiger partial charge on any atom is 0.161 e. The topological polar surface area (TPSA) is 63.4 Å². The minimum atomic E-state index is 0.456. The van der Waals surface area contributed by atoms with Crippen molar-refractivity contribution in [3.8, 4) is 11.1 Å². The molecule has 11 rings (SSSR count). The summed E-state index contributed by atoms with van der Waals surface area (Å²) in [5.41, 5.74) is 8.20. The smallest absolute Gasteiger partial charge is 0.161 e. The van der Waals surface area contributed by atoms with Crippen LogP contribution in [0.4, 0.5) is 0 Å². The fraction of sp³-hybridized carbons (Fsp3) is 0.0192. The third-order valence-corrected chi connectivity index (χ3v) is 11.1. The Morgan fingerprint density at radius 3 is 1.93 bits per heavy atom. The van der Waals surface area contributed by atoms with Gasteiger partial charge in [-0.2, -0.15) is 0 Å². The number of fused-ring (bicyclic) bond motifs is 11. The summed E-state index contributed by atoms with van der Waals surface area (Å²) in [4.78, 5) is 15.1. The first-order valence-electron chi connectivity index (χ1n) is 19.1. The van der Waals surface area contributed by atoms with Crippen LogP contribution in [0.3, 0.4) is 0 Å². The molecule has 0 N–H and O–H groups in total. The molecule has 5 heteroatoms. The van der Waals surface area contributed by atoms with Crippen LogP contribution < -0.4 is 0 Å². The molecule has 0 saturated carbocycles. The molecule has 0 unspecified atom stereocenters. The van der Waals surface area contributed by atoms with Crippen molar-refractivity contribution < 1.29 is 8.83 Å². The third-order valence-electron chi connectivity index (χ3n) is 11.1. The molecule has 57 heavy (non-hydrogen) atoms. The van der Waals surface area contributed by atoms with Gasteiger partial charge >= 0.3 is 0 Å². The van der Waals surface area contributed by atoms with Gasteiger partial charge in [0.15, 0.2) is 11.7 Å². The summed E-state index contributed by atoms with van der Waals surface area (Å²) in [6.07, 6.45) is 0. The number of hydrogen-bond donors (Lipinski definition) is 0. The van der Waals surface area contributed by atoms with E-state index >= 15 is 0 Å². The Balaban J connectivity index is 1.13. The zero-order valence-corrected chi connectivity index (χ0v) is 30.8. The largest absolute Gasteiger partial charge is 0.455 e. The molecule has 9 aromatic carbocycles. The van der Waals surface area contributed by atoms with Gasteiger partial charge < -0.3 is 8.83 Å². The van der Waals surface area contributed by atoms with Gasteiger partial charge in [-0.05, 0) is 69.0 Å². The highest BCUT2D eigenvalue weighted by Gasteiger charge is 2.21. The summed E-state index contributed by atoms with van der Waals surface area (Å²) in [7, 11) is 0. The summed E-state index contributed by atoms with van der Waals surface area (Å²) >= 11 is 0. The standard InChI is InChI=1S/C52H33N3O2/c1-53-51(55-52(54-31-32-15-3-2-4-16-32)45-29-33-17-5-6-18-34(33)35-19-7-8-20-36(35)45)42-26-14-28-47-48(42)41-25-13-24-40(49(41)57-47)43-30-44-38-22-11-12-27-46(38)56-50(44)39-23-10-9-21-37(39)43/h2-30H,1,31H2/b54-52-,55-51-. The lowest BCUT2D eigenvalue weighted by atomic mass is 9.94. The van der Waals surface area contributed by atoms with Crippen LogP contribution in [-0.4, -0.2) is 18.4 Å². The molecule has 0 spiro atoms. The first-order valence-corrected chi connectivity index (χ1v) is 19.1. The van der Waals surface area contributed by atoms with Crippen molar-refractivity contribution in [1.82, 2.24) is 0 Å². The van der Waals surface area contributed by atoms with E-state index in [4.69, 9.17) is 18.8 Å². The lowest BCUT2D eigenvalue weighted by Crippen LogP contribution is -2.07. The number of rotatable bonds is 5. The van der Waals surface area contributed by atoms with Crippen molar-refractivity contribution in [2.75, 3.05) is 0 Å². The zero-order valence-electron chi connectivity index (χ0n) is 30.8. The normalized spacial score (nSPS) is 12.6. The van der Waals surface area contributed by atoms with Crippen molar-refractivity contribution >= 4 is 94.6 Å². The minimum Gasteiger partial charge on any atom is -0.455 e. The molecular weight excluding hydrogens is 699 g/mol. The van der Waals surface area contributed by atoms with Crippen molar-refractivity contribution in [3.05, 3.63) is 193 Å². The highest BCUT2D eigenvalue weighted by Crippen LogP contribution is 2.44. The Morgan fingerprint density at radius 1 is 0.439 bits per heavy atom. The average Bonchev–Trinajstić information content (AvgIpc) is 3.85. The molecular formula is C52H33N3O2. The highest BCUT2D eigenvalue weighted by molar-refractivity contribution is 6.26. The Morgan fingerprint density at radius 2 is 1.09 bits per heavy atom. The molecule has 0 amide bonds. The SMILES string of the molecule is C=N/C(=N\C(=N/Cc1ccccc1)c1cc2ccccc2c2ccccc12)c1cccc2oc3c(-c4cc5c6ccccc6oc5c5ccccc45)cccc3c12. The van der Waals surface area contributed by atoms with Crippen LogP contribution in [0.1, 0.15) is 16.7 Å². The fourth-order valence-electron chi connectivity index (χ4n) is 8.47. The second-order valence-corrected chi connectivity index (χ2v) is 14.3. The van der Waals surface area contributed by atoms with E-state index in [1.807, 2.05) is 48.5 Å². The van der Waals surface area contributed by atoms with Crippen LogP contribution in [0.15, 0.2) is 200 Å². The molecule has 0 bridgehead atoms. The second-order valence-electron chi connectivity index (χ2n) is 14.3. The van der Waals surface area contributed by atoms with E-state index in [0.29, 0.717) is 18.2 Å². The molecule has 2 aromatic heterocycles. The van der Waals surface area contributed by atoms with Crippen molar-refractivity contribution in [3.63, 3.8) is 0 Å². The van der Waals surface area contributed by atoms with E-state index in [1.54, 1.807) is 0 Å². The van der Waals surface area contributed by atoms with Gasteiger partial charge in [0, 0.05) is 43.6 Å². The van der Waals surface area contributed by atoms with Gasteiger partial charge in [-0.1, -0.05) is 152 Å². The lowest BCUT2D eigenvalue weighted by molar-refractivity contribution is 0.669. The van der Waals surface area contributed by atoms with Gasteiger partial charge in [0.25, 0.3) is 0 Å². The van der Waals surface area contributed by atoms with E-state index < -0.39 is 0 Å². The number of furan rings is 2. The van der Waals surface area contributed by atoms with Gasteiger partial charge in [0.1, 0.15) is 22.3 Å². The van der Waals surface area contributed by atoms with E-state index in [0.717, 1.165) is 98.6 Å². The number of nitrogens with zero attached hydrogens (tertiary/aromatic N) is 3. The van der Waals surface area contributed by atoms with E-state index in [1.165, 1.54) is 5.39 Å². The Bertz CT molecular complexity index is 3460. The minimum absolute atomic E-state index is 0.456. The van der Waals surface area contributed by atoms with Crippen molar-refractivity contribution in [2.45, 2.75) is 6.54 Å². The molecule has 2 heterocycles. The maximum atomic E-state index is 6.83. The molecule has 0 saturated heterocycles. The summed E-state index contributed by atoms with van der Waals surface area (Å²) in [5, 5.41) is 10.7. The van der Waals surface area contributed by atoms with Gasteiger partial charge in [0.2, 0.25) is 0 Å². The number of hydrogen-bond acceptors (Lipinski definition) is 3. The summed E-state index contributed by atoms with van der Waals surface area (Å²) in [6, 6.07) is 60.6. The Labute approximate surface area is 327 Å². The summed E-state index contributed by atoms with van der Waals surface area (Å²) in [6.45, 7) is 4.51. The summed E-state index contributed by atoms with van der Waals surface area (Å²) < 4.78 is 13.3. The molecule has 0 aliphatic heterocycles. The van der Waals surface area contributed by atoms with E-state index in [-0.39, 0.29) is 0 Å². The van der Waals surface area contributed by atoms with E-state index in [2.05, 4.69) is 139 Å². The second kappa shape index (κ2) is 13.3. The van der Waals surface area contributed by atoms with Gasteiger partial charge in [-0.15, -0.1) is 0 Å². The molecule has 0 fully saturated rings. The number of aliphatic imine (C=N–C) groups is 3. The van der Waals surface area contributed by atoms with Crippen LogP contribution >= 0.6 is 0 Å². The maximum absolute atomic E-state index is 6.83. The quantitative estimate of drug-likeness (QED) is 0.100. The number of benzene rings is 9.